The van der Waals surface area contributed by atoms with Crippen LogP contribution in [0.15, 0.2) is 4.99 Å². The smallest absolute Gasteiger partial charge is 0.193 e. The predicted octanol–water partition coefficient (Wildman–Crippen LogP) is 2.68. The Morgan fingerprint density at radius 3 is 2.44 bits per heavy atom. The molecule has 1 saturated carbocycles. The lowest BCUT2D eigenvalue weighted by Gasteiger charge is -2.34. The molecule has 0 aromatic heterocycles. The van der Waals surface area contributed by atoms with Gasteiger partial charge in [0, 0.05) is 33.2 Å². The fourth-order valence-corrected chi connectivity index (χ4v) is 4.64. The molecule has 0 bridgehead atoms. The number of hydrogen-bond donors (Lipinski definition) is 2. The fraction of sp³-hybridized carbons (Fsp3) is 0.947. The lowest BCUT2D eigenvalue weighted by molar-refractivity contribution is 0.00819. The molecule has 25 heavy (non-hydrogen) atoms. The van der Waals surface area contributed by atoms with Crippen LogP contribution < -0.4 is 5.32 Å². The number of guanidine groups is 1. The van der Waals surface area contributed by atoms with Crippen LogP contribution in [0.2, 0.25) is 0 Å². The maximum atomic E-state index is 10.7. The van der Waals surface area contributed by atoms with E-state index in [1.807, 2.05) is 7.05 Å². The van der Waals surface area contributed by atoms with Crippen LogP contribution in [-0.4, -0.2) is 72.8 Å². The molecule has 2 saturated heterocycles. The van der Waals surface area contributed by atoms with Crippen LogP contribution in [0.4, 0.5) is 0 Å². The lowest BCUT2D eigenvalue weighted by Crippen LogP contribution is -2.49. The zero-order chi connectivity index (χ0) is 16.8. The molecule has 1 unspecified atom stereocenters. The first-order valence-corrected chi connectivity index (χ1v) is 10.1. The van der Waals surface area contributed by atoms with Crippen LogP contribution in [0, 0.1) is 5.92 Å². The van der Waals surface area contributed by atoms with E-state index >= 15 is 0 Å². The van der Waals surface area contributed by atoms with Crippen molar-refractivity contribution in [2.45, 2.75) is 63.4 Å². The van der Waals surface area contributed by atoms with E-state index in [0.717, 1.165) is 50.7 Å². The van der Waals surface area contributed by atoms with Crippen molar-refractivity contribution in [3.8, 4) is 0 Å². The topological polar surface area (TPSA) is 51.1 Å². The largest absolute Gasteiger partial charge is 0.388 e. The molecule has 5 nitrogen and oxygen atoms in total. The van der Waals surface area contributed by atoms with Gasteiger partial charge in [-0.2, -0.15) is 0 Å². The van der Waals surface area contributed by atoms with Gasteiger partial charge in [-0.15, -0.1) is 24.0 Å². The standard InChI is InChI=1S/C19H36N4O.HI/c1-20-18(21-16-19(24)9-4-2-5-10-19)23-13-8-17(15-23)14-22-11-6-3-7-12-22;/h17,24H,2-16H2,1H3,(H,20,21);1H. The highest BCUT2D eigenvalue weighted by Gasteiger charge is 2.31. The van der Waals surface area contributed by atoms with Crippen molar-refractivity contribution in [2.75, 3.05) is 46.3 Å². The Morgan fingerprint density at radius 1 is 1.08 bits per heavy atom. The molecular weight excluding hydrogens is 427 g/mol. The van der Waals surface area contributed by atoms with Crippen LogP contribution in [0.5, 0.6) is 0 Å². The minimum absolute atomic E-state index is 0. The number of hydrogen-bond acceptors (Lipinski definition) is 3. The van der Waals surface area contributed by atoms with Crippen molar-refractivity contribution < 1.29 is 5.11 Å². The van der Waals surface area contributed by atoms with Crippen LogP contribution >= 0.6 is 24.0 Å². The van der Waals surface area contributed by atoms with Gasteiger partial charge in [0.15, 0.2) is 5.96 Å². The van der Waals surface area contributed by atoms with Crippen molar-refractivity contribution in [3.63, 3.8) is 0 Å². The molecule has 3 fully saturated rings. The van der Waals surface area contributed by atoms with Gasteiger partial charge >= 0.3 is 0 Å². The third kappa shape index (κ3) is 6.24. The van der Waals surface area contributed by atoms with Crippen LogP contribution in [0.3, 0.4) is 0 Å². The normalized spacial score (nSPS) is 27.8. The number of aliphatic hydroxyl groups is 1. The molecular formula is C19H37IN4O. The molecule has 0 spiro atoms. The Balaban J connectivity index is 0.00000225. The van der Waals surface area contributed by atoms with E-state index in [9.17, 15) is 5.11 Å². The van der Waals surface area contributed by atoms with E-state index in [-0.39, 0.29) is 24.0 Å². The number of likely N-dealkylation sites (tertiary alicyclic amines) is 2. The first-order chi connectivity index (χ1) is 11.7. The van der Waals surface area contributed by atoms with Gasteiger partial charge in [-0.05, 0) is 51.1 Å². The minimum atomic E-state index is -0.527. The number of rotatable bonds is 4. The van der Waals surface area contributed by atoms with Crippen LogP contribution in [0.25, 0.3) is 0 Å². The van der Waals surface area contributed by atoms with Gasteiger partial charge in [-0.25, -0.2) is 0 Å². The van der Waals surface area contributed by atoms with Gasteiger partial charge in [-0.3, -0.25) is 4.99 Å². The molecule has 0 amide bonds. The molecule has 0 radical (unpaired) electrons. The predicted molar refractivity (Wildman–Crippen MR) is 115 cm³/mol. The summed E-state index contributed by atoms with van der Waals surface area (Å²) < 4.78 is 0. The summed E-state index contributed by atoms with van der Waals surface area (Å²) in [5.41, 5.74) is -0.527. The van der Waals surface area contributed by atoms with Crippen molar-refractivity contribution in [2.24, 2.45) is 10.9 Å². The van der Waals surface area contributed by atoms with E-state index in [2.05, 4.69) is 20.1 Å². The number of halogens is 1. The molecule has 146 valence electrons. The summed E-state index contributed by atoms with van der Waals surface area (Å²) in [7, 11) is 1.87. The van der Waals surface area contributed by atoms with Crippen molar-refractivity contribution in [1.82, 2.24) is 15.1 Å². The Labute approximate surface area is 170 Å². The van der Waals surface area contributed by atoms with Gasteiger partial charge in [0.05, 0.1) is 5.60 Å². The van der Waals surface area contributed by atoms with Gasteiger partial charge < -0.3 is 20.2 Å². The van der Waals surface area contributed by atoms with Gasteiger partial charge in [0.2, 0.25) is 0 Å². The van der Waals surface area contributed by atoms with Crippen molar-refractivity contribution in [3.05, 3.63) is 0 Å². The summed E-state index contributed by atoms with van der Waals surface area (Å²) in [5.74, 6) is 1.74. The highest BCUT2D eigenvalue weighted by atomic mass is 127. The van der Waals surface area contributed by atoms with E-state index in [1.165, 1.54) is 51.7 Å². The summed E-state index contributed by atoms with van der Waals surface area (Å²) >= 11 is 0. The highest BCUT2D eigenvalue weighted by molar-refractivity contribution is 14.0. The third-order valence-electron chi connectivity index (χ3n) is 6.12. The molecule has 6 heteroatoms. The Kier molecular flexibility index (Phi) is 8.75. The van der Waals surface area contributed by atoms with Crippen LogP contribution in [0.1, 0.15) is 57.8 Å². The molecule has 3 rings (SSSR count). The van der Waals surface area contributed by atoms with Crippen molar-refractivity contribution in [1.29, 1.82) is 0 Å². The molecule has 0 aromatic rings. The maximum Gasteiger partial charge on any atom is 0.193 e. The second kappa shape index (κ2) is 10.3. The molecule has 0 aromatic carbocycles. The van der Waals surface area contributed by atoms with Gasteiger partial charge in [0.1, 0.15) is 0 Å². The first kappa shape index (κ1) is 21.2. The van der Waals surface area contributed by atoms with E-state index < -0.39 is 5.60 Å². The quantitative estimate of drug-likeness (QED) is 0.382. The number of nitrogens with one attached hydrogen (secondary N) is 1. The van der Waals surface area contributed by atoms with Gasteiger partial charge in [0.25, 0.3) is 0 Å². The average Bonchev–Trinajstić information content (AvgIpc) is 3.05. The maximum absolute atomic E-state index is 10.7. The fourth-order valence-electron chi connectivity index (χ4n) is 4.64. The van der Waals surface area contributed by atoms with E-state index in [0.29, 0.717) is 6.54 Å². The Hall–Kier alpha value is -0.0800. The SMILES string of the molecule is CN=C(NCC1(O)CCCCC1)N1CCC(CN2CCCCC2)C1.I. The molecule has 1 atom stereocenters. The lowest BCUT2D eigenvalue weighted by atomic mass is 9.85. The van der Waals surface area contributed by atoms with E-state index in [4.69, 9.17) is 0 Å². The third-order valence-corrected chi connectivity index (χ3v) is 6.12. The summed E-state index contributed by atoms with van der Waals surface area (Å²) in [4.78, 5) is 9.51. The highest BCUT2D eigenvalue weighted by Crippen LogP contribution is 2.27. The Morgan fingerprint density at radius 2 is 1.76 bits per heavy atom. The van der Waals surface area contributed by atoms with Crippen LogP contribution in [-0.2, 0) is 0 Å². The first-order valence-electron chi connectivity index (χ1n) is 10.1. The number of nitrogens with zero attached hydrogens (tertiary/aromatic N) is 3. The Bertz CT molecular complexity index is 420. The summed E-state index contributed by atoms with van der Waals surface area (Å²) in [6.07, 6.45) is 10.8. The summed E-state index contributed by atoms with van der Waals surface area (Å²) in [5, 5.41) is 14.1. The average molecular weight is 464 g/mol. The van der Waals surface area contributed by atoms with Gasteiger partial charge in [-0.1, -0.05) is 25.7 Å². The van der Waals surface area contributed by atoms with Crippen molar-refractivity contribution >= 4 is 29.9 Å². The molecule has 3 aliphatic rings. The summed E-state index contributed by atoms with van der Waals surface area (Å²) in [6, 6.07) is 0. The summed E-state index contributed by atoms with van der Waals surface area (Å²) in [6.45, 7) is 6.67. The molecule has 2 N–H and O–H groups in total. The zero-order valence-corrected chi connectivity index (χ0v) is 18.2. The number of piperidine rings is 1. The molecule has 2 heterocycles. The monoisotopic (exact) mass is 464 g/mol. The van der Waals surface area contributed by atoms with E-state index in [1.54, 1.807) is 0 Å². The minimum Gasteiger partial charge on any atom is -0.388 e. The zero-order valence-electron chi connectivity index (χ0n) is 15.9. The molecule has 1 aliphatic carbocycles. The number of aliphatic imine (C=N–C) groups is 1. The molecule has 2 aliphatic heterocycles. The second-order valence-electron chi connectivity index (χ2n) is 8.15. The second-order valence-corrected chi connectivity index (χ2v) is 8.15.